The number of nitrogens with one attached hydrogen (secondary N) is 1. The molecule has 3 nitrogen and oxygen atoms in total. The zero-order valence-electron chi connectivity index (χ0n) is 7.96. The number of carbonyl (C=O) groups excluding carboxylic acids is 1. The molecule has 0 saturated heterocycles. The highest BCUT2D eigenvalue weighted by molar-refractivity contribution is 6.19. The predicted octanol–water partition coefficient (Wildman–Crippen LogP) is 1.72. The summed E-state index contributed by atoms with van der Waals surface area (Å²) < 4.78 is 12.6. The van der Waals surface area contributed by atoms with Gasteiger partial charge in [0.1, 0.15) is 11.5 Å². The fourth-order valence-electron chi connectivity index (χ4n) is 1.26. The van der Waals surface area contributed by atoms with E-state index in [2.05, 4.69) is 10.3 Å². The normalized spacial score (nSPS) is 17.2. The smallest absolute Gasteiger partial charge is 0.270 e. The SMILES string of the molecule is O=C(NC1(CCl)CC1)c1ccc(F)cn1. The molecular formula is C10H10ClFN2O. The van der Waals surface area contributed by atoms with Crippen LogP contribution in [0.5, 0.6) is 0 Å². The van der Waals surface area contributed by atoms with Gasteiger partial charge >= 0.3 is 0 Å². The van der Waals surface area contributed by atoms with E-state index in [1.54, 1.807) is 0 Å². The summed E-state index contributed by atoms with van der Waals surface area (Å²) in [6.07, 6.45) is 2.81. The lowest BCUT2D eigenvalue weighted by molar-refractivity contribution is 0.0931. The third kappa shape index (κ3) is 2.26. The fourth-order valence-corrected chi connectivity index (χ4v) is 1.59. The number of nitrogens with zero attached hydrogens (tertiary/aromatic N) is 1. The highest BCUT2D eigenvalue weighted by Gasteiger charge is 2.43. The first-order valence-corrected chi connectivity index (χ1v) is 5.19. The lowest BCUT2D eigenvalue weighted by Crippen LogP contribution is -2.38. The number of alkyl halides is 1. The van der Waals surface area contributed by atoms with Gasteiger partial charge in [0.05, 0.1) is 11.7 Å². The molecule has 1 N–H and O–H groups in total. The van der Waals surface area contributed by atoms with Crippen LogP contribution in [0.25, 0.3) is 0 Å². The van der Waals surface area contributed by atoms with E-state index in [0.29, 0.717) is 5.88 Å². The van der Waals surface area contributed by atoms with E-state index < -0.39 is 5.82 Å². The minimum atomic E-state index is -0.454. The van der Waals surface area contributed by atoms with Gasteiger partial charge in [-0.1, -0.05) is 0 Å². The summed E-state index contributed by atoms with van der Waals surface area (Å²) in [6.45, 7) is 0. The Morgan fingerprint density at radius 1 is 1.60 bits per heavy atom. The van der Waals surface area contributed by atoms with Crippen LogP contribution in [0.3, 0.4) is 0 Å². The first-order chi connectivity index (χ1) is 7.15. The number of hydrogen-bond donors (Lipinski definition) is 1. The standard InChI is InChI=1S/C10H10ClFN2O/c11-6-10(3-4-10)14-9(15)8-2-1-7(12)5-13-8/h1-2,5H,3-4,6H2,(H,14,15). The molecule has 1 aromatic rings. The Morgan fingerprint density at radius 2 is 2.33 bits per heavy atom. The zero-order chi connectivity index (χ0) is 10.9. The summed E-state index contributed by atoms with van der Waals surface area (Å²) in [5, 5.41) is 2.80. The van der Waals surface area contributed by atoms with Crippen LogP contribution in [0.1, 0.15) is 23.3 Å². The molecule has 1 heterocycles. The van der Waals surface area contributed by atoms with Gasteiger partial charge in [0, 0.05) is 5.88 Å². The number of pyridine rings is 1. The molecule has 0 aliphatic heterocycles. The van der Waals surface area contributed by atoms with Gasteiger partial charge in [-0.3, -0.25) is 4.79 Å². The summed E-state index contributed by atoms with van der Waals surface area (Å²) in [7, 11) is 0. The number of halogens is 2. The molecule has 1 fully saturated rings. The van der Waals surface area contributed by atoms with Gasteiger partial charge < -0.3 is 5.32 Å². The van der Waals surface area contributed by atoms with Crippen molar-refractivity contribution in [3.05, 3.63) is 29.8 Å². The van der Waals surface area contributed by atoms with E-state index in [1.807, 2.05) is 0 Å². The first-order valence-electron chi connectivity index (χ1n) is 4.65. The first kappa shape index (κ1) is 10.4. The molecule has 1 aliphatic carbocycles. The molecule has 1 amide bonds. The van der Waals surface area contributed by atoms with Crippen LogP contribution < -0.4 is 5.32 Å². The average molecular weight is 229 g/mol. The summed E-state index contributed by atoms with van der Waals surface area (Å²) in [5.41, 5.74) is -0.0397. The van der Waals surface area contributed by atoms with Crippen LogP contribution in [0.4, 0.5) is 4.39 Å². The third-order valence-corrected chi connectivity index (χ3v) is 2.96. The van der Waals surface area contributed by atoms with Crippen molar-refractivity contribution in [2.75, 3.05) is 5.88 Å². The quantitative estimate of drug-likeness (QED) is 0.801. The van der Waals surface area contributed by atoms with Crippen molar-refractivity contribution >= 4 is 17.5 Å². The van der Waals surface area contributed by atoms with Crippen molar-refractivity contribution in [2.24, 2.45) is 0 Å². The Hall–Kier alpha value is -1.16. The molecular weight excluding hydrogens is 219 g/mol. The van der Waals surface area contributed by atoms with E-state index >= 15 is 0 Å². The molecule has 5 heteroatoms. The van der Waals surface area contributed by atoms with Crippen molar-refractivity contribution in [3.63, 3.8) is 0 Å². The van der Waals surface area contributed by atoms with E-state index in [4.69, 9.17) is 11.6 Å². The van der Waals surface area contributed by atoms with Gasteiger partial charge in [-0.25, -0.2) is 9.37 Å². The minimum Gasteiger partial charge on any atom is -0.344 e. The number of amides is 1. The Balaban J connectivity index is 2.05. The van der Waals surface area contributed by atoms with Gasteiger partial charge in [-0.05, 0) is 25.0 Å². The second kappa shape index (κ2) is 3.77. The predicted molar refractivity (Wildman–Crippen MR) is 54.3 cm³/mol. The lowest BCUT2D eigenvalue weighted by Gasteiger charge is -2.13. The van der Waals surface area contributed by atoms with Gasteiger partial charge in [0.15, 0.2) is 0 Å². The highest BCUT2D eigenvalue weighted by atomic mass is 35.5. The lowest BCUT2D eigenvalue weighted by atomic mass is 10.2. The summed E-state index contributed by atoms with van der Waals surface area (Å²) in [4.78, 5) is 15.3. The number of carbonyl (C=O) groups is 1. The molecule has 0 aromatic carbocycles. The molecule has 0 radical (unpaired) electrons. The summed E-state index contributed by atoms with van der Waals surface area (Å²) >= 11 is 5.72. The van der Waals surface area contributed by atoms with Crippen LogP contribution in [0, 0.1) is 5.82 Å². The fraction of sp³-hybridized carbons (Fsp3) is 0.400. The Bertz CT molecular complexity index is 376. The van der Waals surface area contributed by atoms with Crippen molar-refractivity contribution in [1.82, 2.24) is 10.3 Å². The maximum absolute atomic E-state index is 12.6. The number of rotatable bonds is 3. The Kier molecular flexibility index (Phi) is 2.61. The molecule has 0 bridgehead atoms. The second-order valence-electron chi connectivity index (χ2n) is 3.73. The van der Waals surface area contributed by atoms with E-state index in [-0.39, 0.29) is 17.1 Å². The van der Waals surface area contributed by atoms with Crippen molar-refractivity contribution in [1.29, 1.82) is 0 Å². The third-order valence-electron chi connectivity index (χ3n) is 2.45. The number of aromatic nitrogens is 1. The van der Waals surface area contributed by atoms with Crippen molar-refractivity contribution in [3.8, 4) is 0 Å². The maximum Gasteiger partial charge on any atom is 0.270 e. The second-order valence-corrected chi connectivity index (χ2v) is 4.00. The monoisotopic (exact) mass is 228 g/mol. The van der Waals surface area contributed by atoms with Gasteiger partial charge in [-0.2, -0.15) is 0 Å². The number of hydrogen-bond acceptors (Lipinski definition) is 2. The Labute approximate surface area is 91.7 Å². The molecule has 1 aliphatic rings. The molecule has 0 unspecified atom stereocenters. The summed E-state index contributed by atoms with van der Waals surface area (Å²) in [5.74, 6) is -0.349. The van der Waals surface area contributed by atoms with Crippen LogP contribution in [-0.4, -0.2) is 22.3 Å². The van der Waals surface area contributed by atoms with E-state index in [0.717, 1.165) is 19.0 Å². The molecule has 1 saturated carbocycles. The molecule has 1 aromatic heterocycles. The zero-order valence-corrected chi connectivity index (χ0v) is 8.72. The summed E-state index contributed by atoms with van der Waals surface area (Å²) in [6, 6.07) is 2.57. The molecule has 15 heavy (non-hydrogen) atoms. The molecule has 0 spiro atoms. The van der Waals surface area contributed by atoms with Crippen LogP contribution in [0.15, 0.2) is 18.3 Å². The highest BCUT2D eigenvalue weighted by Crippen LogP contribution is 2.36. The van der Waals surface area contributed by atoms with Crippen molar-refractivity contribution < 1.29 is 9.18 Å². The van der Waals surface area contributed by atoms with Crippen LogP contribution in [-0.2, 0) is 0 Å². The maximum atomic E-state index is 12.6. The molecule has 80 valence electrons. The van der Waals surface area contributed by atoms with Gasteiger partial charge in [0.25, 0.3) is 5.91 Å². The Morgan fingerprint density at radius 3 is 2.80 bits per heavy atom. The van der Waals surface area contributed by atoms with Gasteiger partial charge in [-0.15, -0.1) is 11.6 Å². The van der Waals surface area contributed by atoms with Crippen LogP contribution in [0.2, 0.25) is 0 Å². The minimum absolute atomic E-state index is 0.216. The topological polar surface area (TPSA) is 42.0 Å². The van der Waals surface area contributed by atoms with E-state index in [9.17, 15) is 9.18 Å². The average Bonchev–Trinajstić information content (AvgIpc) is 2.99. The largest absolute Gasteiger partial charge is 0.344 e. The molecule has 0 atom stereocenters. The molecule has 2 rings (SSSR count). The van der Waals surface area contributed by atoms with E-state index in [1.165, 1.54) is 12.1 Å². The van der Waals surface area contributed by atoms with Crippen LogP contribution >= 0.6 is 11.6 Å². The van der Waals surface area contributed by atoms with Crippen molar-refractivity contribution in [2.45, 2.75) is 18.4 Å². The van der Waals surface area contributed by atoms with Gasteiger partial charge in [0.2, 0.25) is 0 Å².